The standard InChI is InChI=1S/C34H32Cl2N2O3/c1-2-30(31(36)20-21-35)32-24-38(23-26-7-4-3-5-8-26)33(37-32)19-12-25-10-13-27(14-11-25)28-15-17-29(18-16-28)41-22-6-9-34(39)40/h2-5,7-8,10-20,24H,6,9,21-23H2,1H3,(H,39,40)/b19-12+,30-2+,31-20+. The Labute approximate surface area is 251 Å². The van der Waals surface area contributed by atoms with Crippen molar-refractivity contribution in [1.82, 2.24) is 9.55 Å². The number of carbonyl (C=O) groups is 1. The van der Waals surface area contributed by atoms with E-state index in [0.29, 0.717) is 30.5 Å². The summed E-state index contributed by atoms with van der Waals surface area (Å²) >= 11 is 12.4. The minimum atomic E-state index is -0.812. The Morgan fingerprint density at radius 3 is 2.29 bits per heavy atom. The lowest BCUT2D eigenvalue weighted by atomic mass is 10.0. The molecule has 3 aromatic carbocycles. The number of imidazole rings is 1. The fraction of sp³-hybridized carbons (Fsp3) is 0.176. The van der Waals surface area contributed by atoms with Crippen LogP contribution in [0, 0.1) is 0 Å². The predicted molar refractivity (Wildman–Crippen MR) is 169 cm³/mol. The normalized spacial score (nSPS) is 12.2. The van der Waals surface area contributed by atoms with E-state index in [1.807, 2.05) is 67.7 Å². The van der Waals surface area contributed by atoms with Gasteiger partial charge < -0.3 is 14.4 Å². The highest BCUT2D eigenvalue weighted by Gasteiger charge is 2.13. The van der Waals surface area contributed by atoms with Crippen molar-refractivity contribution in [3.8, 4) is 16.9 Å². The molecule has 0 saturated carbocycles. The van der Waals surface area contributed by atoms with E-state index in [1.165, 1.54) is 5.56 Å². The smallest absolute Gasteiger partial charge is 0.303 e. The van der Waals surface area contributed by atoms with Crippen molar-refractivity contribution in [2.24, 2.45) is 0 Å². The molecular formula is C34H32Cl2N2O3. The number of benzene rings is 3. The number of ether oxygens (including phenoxy) is 1. The van der Waals surface area contributed by atoms with E-state index in [0.717, 1.165) is 39.5 Å². The lowest BCUT2D eigenvalue weighted by Gasteiger charge is -2.07. The molecule has 0 aliphatic rings. The van der Waals surface area contributed by atoms with Gasteiger partial charge in [0.25, 0.3) is 0 Å². The maximum Gasteiger partial charge on any atom is 0.303 e. The van der Waals surface area contributed by atoms with Crippen molar-refractivity contribution in [2.75, 3.05) is 12.5 Å². The average molecular weight is 588 g/mol. The first-order valence-electron chi connectivity index (χ1n) is 13.4. The molecule has 4 aromatic rings. The van der Waals surface area contributed by atoms with Gasteiger partial charge in [0.05, 0.1) is 12.3 Å². The molecule has 4 rings (SSSR count). The molecule has 5 nitrogen and oxygen atoms in total. The van der Waals surface area contributed by atoms with E-state index < -0.39 is 5.97 Å². The Morgan fingerprint density at radius 1 is 0.976 bits per heavy atom. The van der Waals surface area contributed by atoms with Crippen molar-refractivity contribution in [3.63, 3.8) is 0 Å². The van der Waals surface area contributed by atoms with Gasteiger partial charge in [0.1, 0.15) is 11.6 Å². The van der Waals surface area contributed by atoms with Gasteiger partial charge in [-0.15, -0.1) is 11.6 Å². The van der Waals surface area contributed by atoms with Gasteiger partial charge in [-0.05, 0) is 53.8 Å². The Bertz CT molecular complexity index is 1520. The molecule has 1 aromatic heterocycles. The van der Waals surface area contributed by atoms with Gasteiger partial charge in [0.2, 0.25) is 0 Å². The highest BCUT2D eigenvalue weighted by Crippen LogP contribution is 2.27. The maximum absolute atomic E-state index is 10.6. The van der Waals surface area contributed by atoms with E-state index in [1.54, 1.807) is 6.08 Å². The number of carboxylic acid groups (broad SMARTS) is 1. The van der Waals surface area contributed by atoms with Crippen LogP contribution in [0.1, 0.15) is 42.4 Å². The van der Waals surface area contributed by atoms with Gasteiger partial charge in [-0.3, -0.25) is 4.79 Å². The second kappa shape index (κ2) is 15.1. The molecule has 0 aliphatic heterocycles. The molecule has 0 radical (unpaired) electrons. The van der Waals surface area contributed by atoms with E-state index in [9.17, 15) is 4.79 Å². The molecule has 0 unspecified atom stereocenters. The minimum Gasteiger partial charge on any atom is -0.494 e. The van der Waals surface area contributed by atoms with E-state index >= 15 is 0 Å². The van der Waals surface area contributed by atoms with Crippen LogP contribution >= 0.6 is 23.2 Å². The minimum absolute atomic E-state index is 0.103. The third-order valence-corrected chi connectivity index (χ3v) is 6.92. The number of rotatable bonds is 13. The highest BCUT2D eigenvalue weighted by atomic mass is 35.5. The lowest BCUT2D eigenvalue weighted by molar-refractivity contribution is -0.137. The molecular weight excluding hydrogens is 555 g/mol. The summed E-state index contributed by atoms with van der Waals surface area (Å²) in [5.74, 6) is 1.06. The number of nitrogens with zero attached hydrogens (tertiary/aromatic N) is 2. The van der Waals surface area contributed by atoms with Crippen molar-refractivity contribution in [3.05, 3.63) is 125 Å². The van der Waals surface area contributed by atoms with E-state index in [2.05, 4.69) is 47.0 Å². The molecule has 0 spiro atoms. The second-order valence-corrected chi connectivity index (χ2v) is 10.0. The predicted octanol–water partition coefficient (Wildman–Crippen LogP) is 8.78. The number of hydrogen-bond donors (Lipinski definition) is 1. The topological polar surface area (TPSA) is 64.3 Å². The zero-order chi connectivity index (χ0) is 29.0. The van der Waals surface area contributed by atoms with Crippen LogP contribution in [0.25, 0.3) is 28.9 Å². The zero-order valence-corrected chi connectivity index (χ0v) is 24.4. The van der Waals surface area contributed by atoms with Crippen molar-refractivity contribution >= 4 is 46.9 Å². The van der Waals surface area contributed by atoms with Crippen LogP contribution in [-0.2, 0) is 11.3 Å². The fourth-order valence-corrected chi connectivity index (χ4v) is 4.82. The molecule has 7 heteroatoms. The van der Waals surface area contributed by atoms with Crippen molar-refractivity contribution in [2.45, 2.75) is 26.3 Å². The number of allylic oxidation sites excluding steroid dienone is 4. The first-order valence-corrected chi connectivity index (χ1v) is 14.3. The Balaban J connectivity index is 1.50. The molecule has 1 heterocycles. The van der Waals surface area contributed by atoms with Gasteiger partial charge in [0, 0.05) is 35.6 Å². The Kier molecular flexibility index (Phi) is 11.0. The molecule has 0 amide bonds. The molecule has 210 valence electrons. The molecule has 0 saturated heterocycles. The van der Waals surface area contributed by atoms with E-state index in [4.69, 9.17) is 38.0 Å². The third kappa shape index (κ3) is 8.71. The summed E-state index contributed by atoms with van der Waals surface area (Å²) in [6.07, 6.45) is 10.4. The van der Waals surface area contributed by atoms with Crippen LogP contribution in [0.15, 0.2) is 102 Å². The number of halogens is 2. The second-order valence-electron chi connectivity index (χ2n) is 9.33. The largest absolute Gasteiger partial charge is 0.494 e. The summed E-state index contributed by atoms with van der Waals surface area (Å²) in [6.45, 7) is 3.00. The Morgan fingerprint density at radius 2 is 1.66 bits per heavy atom. The van der Waals surface area contributed by atoms with E-state index in [-0.39, 0.29) is 6.42 Å². The molecule has 0 atom stereocenters. The van der Waals surface area contributed by atoms with Gasteiger partial charge in [-0.1, -0.05) is 96.6 Å². The summed E-state index contributed by atoms with van der Waals surface area (Å²) in [4.78, 5) is 15.5. The quantitative estimate of drug-likeness (QED) is 0.0965. The molecule has 1 N–H and O–H groups in total. The molecule has 41 heavy (non-hydrogen) atoms. The lowest BCUT2D eigenvalue weighted by Crippen LogP contribution is -2.01. The van der Waals surface area contributed by atoms with Crippen LogP contribution in [0.5, 0.6) is 5.75 Å². The molecule has 0 fully saturated rings. The van der Waals surface area contributed by atoms with Gasteiger partial charge >= 0.3 is 5.97 Å². The third-order valence-electron chi connectivity index (χ3n) is 6.41. The number of aliphatic carboxylic acids is 1. The number of alkyl halides is 1. The van der Waals surface area contributed by atoms with Crippen LogP contribution in [0.2, 0.25) is 0 Å². The monoisotopic (exact) mass is 586 g/mol. The van der Waals surface area contributed by atoms with Gasteiger partial charge in [-0.2, -0.15) is 0 Å². The van der Waals surface area contributed by atoms with Crippen LogP contribution < -0.4 is 4.74 Å². The van der Waals surface area contributed by atoms with Crippen LogP contribution in [0.4, 0.5) is 0 Å². The summed E-state index contributed by atoms with van der Waals surface area (Å²) in [5.41, 5.74) is 6.02. The summed E-state index contributed by atoms with van der Waals surface area (Å²) in [6, 6.07) is 26.4. The Hall–Kier alpha value is -4.06. The maximum atomic E-state index is 10.6. The average Bonchev–Trinajstić information content (AvgIpc) is 3.37. The molecule has 0 aliphatic carbocycles. The first kappa shape index (κ1) is 29.9. The van der Waals surface area contributed by atoms with Crippen LogP contribution in [0.3, 0.4) is 0 Å². The summed E-state index contributed by atoms with van der Waals surface area (Å²) in [7, 11) is 0. The summed E-state index contributed by atoms with van der Waals surface area (Å²) in [5, 5.41) is 9.32. The zero-order valence-electron chi connectivity index (χ0n) is 22.8. The first-order chi connectivity index (χ1) is 20.0. The number of carboxylic acids is 1. The van der Waals surface area contributed by atoms with Crippen molar-refractivity contribution < 1.29 is 14.6 Å². The summed E-state index contributed by atoms with van der Waals surface area (Å²) < 4.78 is 7.76. The molecule has 0 bridgehead atoms. The highest BCUT2D eigenvalue weighted by molar-refractivity contribution is 6.37. The number of hydrogen-bond acceptors (Lipinski definition) is 3. The van der Waals surface area contributed by atoms with Crippen molar-refractivity contribution in [1.29, 1.82) is 0 Å². The SMILES string of the molecule is C/C=C(\C(Cl)=C/CCl)c1cn(Cc2ccccc2)c(/C=C/c2ccc(-c3ccc(OCCCC(=O)O)cc3)cc2)n1. The fourth-order valence-electron chi connectivity index (χ4n) is 4.30. The van der Waals surface area contributed by atoms with Gasteiger partial charge in [0.15, 0.2) is 0 Å². The number of aromatic nitrogens is 2. The van der Waals surface area contributed by atoms with Gasteiger partial charge in [-0.25, -0.2) is 4.98 Å². The van der Waals surface area contributed by atoms with Crippen LogP contribution in [-0.4, -0.2) is 33.1 Å².